The third-order valence-electron chi connectivity index (χ3n) is 3.55. The summed E-state index contributed by atoms with van der Waals surface area (Å²) >= 11 is 7.48. The molecule has 1 aliphatic carbocycles. The van der Waals surface area contributed by atoms with Crippen LogP contribution in [0.2, 0.25) is 0 Å². The molecule has 0 nitrogen and oxygen atoms in total. The highest BCUT2D eigenvalue weighted by molar-refractivity contribution is 9.09. The average Bonchev–Trinajstić information content (AvgIpc) is 2.31. The van der Waals surface area contributed by atoms with E-state index in [1.807, 2.05) is 0 Å². The monoisotopic (exact) mass is 350 g/mol. The van der Waals surface area contributed by atoms with Crippen LogP contribution in [0, 0.1) is 24.7 Å². The highest BCUT2D eigenvalue weighted by Gasteiger charge is 2.24. The number of halogens is 2. The second-order valence-corrected chi connectivity index (χ2v) is 7.54. The topological polar surface area (TPSA) is 0 Å². The Morgan fingerprint density at radius 3 is 1.56 bits per heavy atom. The summed E-state index contributed by atoms with van der Waals surface area (Å²) in [6.45, 7) is 4.51. The van der Waals surface area contributed by atoms with Crippen LogP contribution in [0.5, 0.6) is 0 Å². The summed E-state index contributed by atoms with van der Waals surface area (Å²) < 4.78 is 0. The molecule has 4 unspecified atom stereocenters. The van der Waals surface area contributed by atoms with Crippen molar-refractivity contribution in [3.05, 3.63) is 12.8 Å². The van der Waals surface area contributed by atoms with E-state index in [0.717, 1.165) is 11.8 Å². The van der Waals surface area contributed by atoms with Crippen LogP contribution in [-0.4, -0.2) is 9.65 Å². The number of hydrogen-bond acceptors (Lipinski definition) is 0. The smallest absolute Gasteiger partial charge is 0.0145 e. The molecule has 2 heteroatoms. The first-order valence-electron chi connectivity index (χ1n) is 6.60. The second kappa shape index (κ2) is 8.13. The van der Waals surface area contributed by atoms with Crippen LogP contribution in [-0.2, 0) is 0 Å². The Balaban J connectivity index is 2.18. The predicted molar refractivity (Wildman–Crippen MR) is 80.1 cm³/mol. The Hall–Kier alpha value is 0.960. The lowest BCUT2D eigenvalue weighted by Crippen LogP contribution is -2.20. The van der Waals surface area contributed by atoms with Crippen molar-refractivity contribution in [3.63, 3.8) is 0 Å². The van der Waals surface area contributed by atoms with Crippen molar-refractivity contribution in [3.8, 4) is 0 Å². The Kier molecular flexibility index (Phi) is 7.63. The molecule has 0 spiro atoms. The lowest BCUT2D eigenvalue weighted by molar-refractivity contribution is 0.387. The molecule has 0 N–H and O–H groups in total. The van der Waals surface area contributed by atoms with Gasteiger partial charge >= 0.3 is 0 Å². The lowest BCUT2D eigenvalue weighted by Gasteiger charge is -2.30. The van der Waals surface area contributed by atoms with Crippen molar-refractivity contribution in [1.82, 2.24) is 0 Å². The first kappa shape index (κ1) is 15.0. The Morgan fingerprint density at radius 1 is 0.938 bits per heavy atom. The molecular weight excluding hydrogens is 328 g/mol. The van der Waals surface area contributed by atoms with Crippen molar-refractivity contribution in [2.24, 2.45) is 11.8 Å². The summed E-state index contributed by atoms with van der Waals surface area (Å²) in [5.41, 5.74) is 0. The van der Waals surface area contributed by atoms with Gasteiger partial charge in [-0.25, -0.2) is 0 Å². The van der Waals surface area contributed by atoms with Crippen LogP contribution in [0.4, 0.5) is 0 Å². The van der Waals surface area contributed by atoms with Crippen LogP contribution in [0.1, 0.15) is 52.4 Å². The quantitative estimate of drug-likeness (QED) is 0.550. The molecule has 2 radical (unpaired) electrons. The van der Waals surface area contributed by atoms with Gasteiger partial charge in [-0.05, 0) is 63.2 Å². The van der Waals surface area contributed by atoms with Gasteiger partial charge in [-0.1, -0.05) is 45.7 Å². The molecule has 0 aromatic carbocycles. The molecule has 16 heavy (non-hydrogen) atoms. The largest absolute Gasteiger partial charge is 0.0891 e. The molecule has 1 rings (SSSR count). The van der Waals surface area contributed by atoms with E-state index >= 15 is 0 Å². The van der Waals surface area contributed by atoms with Crippen molar-refractivity contribution in [1.29, 1.82) is 0 Å². The van der Waals surface area contributed by atoms with Gasteiger partial charge in [0.1, 0.15) is 0 Å². The van der Waals surface area contributed by atoms with E-state index in [4.69, 9.17) is 0 Å². The van der Waals surface area contributed by atoms with Crippen LogP contribution in [0.25, 0.3) is 0 Å². The maximum atomic E-state index is 3.74. The average molecular weight is 352 g/mol. The third-order valence-corrected chi connectivity index (χ3v) is 5.59. The first-order chi connectivity index (χ1) is 7.65. The van der Waals surface area contributed by atoms with Gasteiger partial charge in [0.25, 0.3) is 0 Å². The Labute approximate surface area is 118 Å². The maximum absolute atomic E-state index is 3.74. The minimum absolute atomic E-state index is 0.707. The fourth-order valence-corrected chi connectivity index (χ4v) is 3.26. The fourth-order valence-electron chi connectivity index (χ4n) is 2.30. The van der Waals surface area contributed by atoms with Gasteiger partial charge < -0.3 is 0 Å². The molecule has 0 heterocycles. The zero-order valence-electron chi connectivity index (χ0n) is 10.5. The summed E-state index contributed by atoms with van der Waals surface area (Å²) in [5, 5.41) is 0. The standard InChI is InChI=1S/C14H24Br2/c1-3-13(15)9-11-5-7-12(8-6-11)10-14(16)4-2/h5,8,11-14H,3-4,6-7,9-10H2,1-2H3. The molecular formula is C14H24Br2. The van der Waals surface area contributed by atoms with E-state index in [1.165, 1.54) is 38.5 Å². The normalized spacial score (nSPS) is 30.0. The van der Waals surface area contributed by atoms with Gasteiger partial charge in [-0.3, -0.25) is 0 Å². The molecule has 1 saturated carbocycles. The second-order valence-electron chi connectivity index (χ2n) is 4.95. The Morgan fingerprint density at radius 2 is 1.31 bits per heavy atom. The molecule has 0 amide bonds. The first-order valence-corrected chi connectivity index (χ1v) is 8.43. The number of alkyl halides is 2. The molecule has 0 aromatic rings. The predicted octanol–water partition coefficient (Wildman–Crippen LogP) is 5.55. The van der Waals surface area contributed by atoms with Gasteiger partial charge in [0.15, 0.2) is 0 Å². The van der Waals surface area contributed by atoms with E-state index in [9.17, 15) is 0 Å². The van der Waals surface area contributed by atoms with E-state index in [-0.39, 0.29) is 0 Å². The van der Waals surface area contributed by atoms with Crippen molar-refractivity contribution in [2.75, 3.05) is 0 Å². The number of rotatable bonds is 6. The van der Waals surface area contributed by atoms with Crippen molar-refractivity contribution < 1.29 is 0 Å². The highest BCUT2D eigenvalue weighted by Crippen LogP contribution is 2.35. The molecule has 0 aliphatic heterocycles. The van der Waals surface area contributed by atoms with Crippen molar-refractivity contribution in [2.45, 2.75) is 62.0 Å². The van der Waals surface area contributed by atoms with E-state index in [2.05, 4.69) is 58.5 Å². The van der Waals surface area contributed by atoms with Gasteiger partial charge in [-0.2, -0.15) is 0 Å². The van der Waals surface area contributed by atoms with Crippen LogP contribution in [0.15, 0.2) is 0 Å². The molecule has 1 aliphatic rings. The van der Waals surface area contributed by atoms with E-state index in [1.54, 1.807) is 0 Å². The zero-order chi connectivity index (χ0) is 12.0. The summed E-state index contributed by atoms with van der Waals surface area (Å²) in [6, 6.07) is 0. The fraction of sp³-hybridized carbons (Fsp3) is 0.857. The Bertz CT molecular complexity index is 154. The van der Waals surface area contributed by atoms with E-state index < -0.39 is 0 Å². The van der Waals surface area contributed by atoms with Gasteiger partial charge in [0.05, 0.1) is 0 Å². The molecule has 94 valence electrons. The summed E-state index contributed by atoms with van der Waals surface area (Å²) in [5.74, 6) is 1.63. The maximum Gasteiger partial charge on any atom is 0.0145 e. The zero-order valence-corrected chi connectivity index (χ0v) is 13.6. The van der Waals surface area contributed by atoms with Gasteiger partial charge in [0, 0.05) is 9.65 Å². The van der Waals surface area contributed by atoms with Gasteiger partial charge in [0.2, 0.25) is 0 Å². The summed E-state index contributed by atoms with van der Waals surface area (Å²) in [6.07, 6.45) is 12.8. The number of hydrogen-bond donors (Lipinski definition) is 0. The third kappa shape index (κ3) is 5.53. The molecule has 4 atom stereocenters. The van der Waals surface area contributed by atoms with E-state index in [0.29, 0.717) is 9.65 Å². The van der Waals surface area contributed by atoms with Crippen LogP contribution < -0.4 is 0 Å². The SMILES string of the molecule is CCC(Br)CC1[CH]CC(CC(Br)CC)[CH]C1. The molecule has 0 aromatic heterocycles. The highest BCUT2D eigenvalue weighted by atomic mass is 79.9. The summed E-state index contributed by atoms with van der Waals surface area (Å²) in [7, 11) is 0. The molecule has 0 saturated heterocycles. The summed E-state index contributed by atoms with van der Waals surface area (Å²) in [4.78, 5) is 1.41. The van der Waals surface area contributed by atoms with Crippen molar-refractivity contribution >= 4 is 31.9 Å². The van der Waals surface area contributed by atoms with Crippen LogP contribution in [0.3, 0.4) is 0 Å². The molecule has 1 fully saturated rings. The van der Waals surface area contributed by atoms with Gasteiger partial charge in [-0.15, -0.1) is 0 Å². The minimum atomic E-state index is 0.707. The van der Waals surface area contributed by atoms with Crippen LogP contribution >= 0.6 is 31.9 Å². The minimum Gasteiger partial charge on any atom is -0.0891 e. The lowest BCUT2D eigenvalue weighted by atomic mass is 9.78. The molecule has 0 bridgehead atoms.